The van der Waals surface area contributed by atoms with Crippen molar-refractivity contribution < 1.29 is 0 Å². The molecule has 0 aromatic heterocycles. The highest BCUT2D eigenvalue weighted by Gasteiger charge is 1.71. The Labute approximate surface area is 84.7 Å². The van der Waals surface area contributed by atoms with Crippen molar-refractivity contribution in [2.45, 2.75) is 59.8 Å². The van der Waals surface area contributed by atoms with Gasteiger partial charge in [-0.05, 0) is 19.3 Å². The van der Waals surface area contributed by atoms with Gasteiger partial charge in [-0.3, -0.25) is 0 Å². The van der Waals surface area contributed by atoms with E-state index in [1.165, 1.54) is 19.3 Å². The molecule has 0 unspecified atom stereocenters. The lowest BCUT2D eigenvalue weighted by Crippen LogP contribution is -1.62. The van der Waals surface area contributed by atoms with Crippen molar-refractivity contribution >= 4 is 0 Å². The summed E-state index contributed by atoms with van der Waals surface area (Å²) in [4.78, 5) is 0. The maximum atomic E-state index is 2.25. The summed E-state index contributed by atoms with van der Waals surface area (Å²) in [7, 11) is 0. The fourth-order valence-electron chi connectivity index (χ4n) is 0.722. The lowest BCUT2D eigenvalue weighted by Gasteiger charge is -1.83. The Balaban J connectivity index is 0. The number of unbranched alkanes of at least 4 members (excludes halogenated alkanes) is 1. The van der Waals surface area contributed by atoms with E-state index in [0.29, 0.717) is 0 Å². The molecule has 0 amide bonds. The third kappa shape index (κ3) is 24.6. The van der Waals surface area contributed by atoms with Gasteiger partial charge in [0.15, 0.2) is 0 Å². The van der Waals surface area contributed by atoms with Gasteiger partial charge in [-0.1, -0.05) is 64.8 Å². The van der Waals surface area contributed by atoms with Crippen LogP contribution in [0.15, 0.2) is 24.3 Å². The predicted octanol–water partition coefficient (Wildman–Crippen LogP) is 5.12. The highest BCUT2D eigenvalue weighted by molar-refractivity contribution is 4.91. The smallest absolute Gasteiger partial charge is 0.0169 e. The molecule has 0 bridgehead atoms. The lowest BCUT2D eigenvalue weighted by atomic mass is 10.2. The summed E-state index contributed by atoms with van der Waals surface area (Å²) in [6, 6.07) is 0. The molecule has 13 heavy (non-hydrogen) atoms. The summed E-state index contributed by atoms with van der Waals surface area (Å²) in [6.45, 7) is 8.61. The Morgan fingerprint density at radius 2 is 1.31 bits per heavy atom. The molecule has 0 heteroatoms. The van der Waals surface area contributed by atoms with Crippen LogP contribution < -0.4 is 0 Å². The van der Waals surface area contributed by atoms with Gasteiger partial charge in [0, 0.05) is 0 Å². The minimum atomic E-state index is 1.10. The zero-order chi connectivity index (χ0) is 10.4. The molecule has 0 fully saturated rings. The highest BCUT2D eigenvalue weighted by Crippen LogP contribution is 1.92. The van der Waals surface area contributed by atoms with Crippen LogP contribution in [0.25, 0.3) is 0 Å². The normalized spacial score (nSPS) is 10.5. The Morgan fingerprint density at radius 3 is 1.77 bits per heavy atom. The topological polar surface area (TPSA) is 0 Å². The van der Waals surface area contributed by atoms with Gasteiger partial charge >= 0.3 is 0 Å². The van der Waals surface area contributed by atoms with Crippen LogP contribution in [-0.4, -0.2) is 0 Å². The van der Waals surface area contributed by atoms with Gasteiger partial charge in [0.25, 0.3) is 0 Å². The van der Waals surface area contributed by atoms with Crippen LogP contribution in [0.4, 0.5) is 0 Å². The van der Waals surface area contributed by atoms with E-state index in [1.54, 1.807) is 0 Å². The van der Waals surface area contributed by atoms with Crippen molar-refractivity contribution in [2.75, 3.05) is 0 Å². The van der Waals surface area contributed by atoms with Crippen molar-refractivity contribution in [2.24, 2.45) is 0 Å². The van der Waals surface area contributed by atoms with Crippen molar-refractivity contribution in [3.63, 3.8) is 0 Å². The first kappa shape index (κ1) is 15.0. The maximum absolute atomic E-state index is 2.25. The van der Waals surface area contributed by atoms with Crippen molar-refractivity contribution in [1.82, 2.24) is 0 Å². The predicted molar refractivity (Wildman–Crippen MR) is 64.1 cm³/mol. The molecule has 0 N–H and O–H groups in total. The minimum Gasteiger partial charge on any atom is -0.0885 e. The van der Waals surface area contributed by atoms with E-state index in [4.69, 9.17) is 0 Å². The third-order valence-corrected chi connectivity index (χ3v) is 1.30. The van der Waals surface area contributed by atoms with Crippen molar-refractivity contribution in [3.05, 3.63) is 24.3 Å². The van der Waals surface area contributed by atoms with E-state index < -0.39 is 0 Å². The molecule has 0 saturated carbocycles. The summed E-state index contributed by atoms with van der Waals surface area (Å²) in [5.74, 6) is 0. The molecule has 0 rings (SSSR count). The van der Waals surface area contributed by atoms with Crippen LogP contribution in [-0.2, 0) is 0 Å². The molecule has 0 nitrogen and oxygen atoms in total. The number of hydrogen-bond acceptors (Lipinski definition) is 0. The van der Waals surface area contributed by atoms with E-state index in [2.05, 4.69) is 52.0 Å². The summed E-state index contributed by atoms with van der Waals surface area (Å²) >= 11 is 0. The van der Waals surface area contributed by atoms with Crippen LogP contribution >= 0.6 is 0 Å². The SMILES string of the molecule is CCC.CCC=CCC=CCCC. The molecule has 0 aliphatic heterocycles. The molecule has 0 aliphatic carbocycles. The van der Waals surface area contributed by atoms with Gasteiger partial charge in [0.05, 0.1) is 0 Å². The van der Waals surface area contributed by atoms with E-state index >= 15 is 0 Å². The fourth-order valence-corrected chi connectivity index (χ4v) is 0.722. The lowest BCUT2D eigenvalue weighted by molar-refractivity contribution is 0.954. The third-order valence-electron chi connectivity index (χ3n) is 1.30. The van der Waals surface area contributed by atoms with E-state index in [1.807, 2.05) is 0 Å². The highest BCUT2D eigenvalue weighted by atomic mass is 13.8. The maximum Gasteiger partial charge on any atom is -0.0169 e. The fraction of sp³-hybridized carbons (Fsp3) is 0.692. The molecular formula is C13H26. The standard InChI is InChI=1S/C10H18.C3H8/c1-3-5-7-9-10-8-6-4-2;1-3-2/h5,7-8,10H,3-4,6,9H2,1-2H3;3H2,1-2H3. The largest absolute Gasteiger partial charge is 0.0885 e. The van der Waals surface area contributed by atoms with E-state index in [0.717, 1.165) is 12.8 Å². The van der Waals surface area contributed by atoms with Gasteiger partial charge in [-0.25, -0.2) is 0 Å². The van der Waals surface area contributed by atoms with Gasteiger partial charge in [0.2, 0.25) is 0 Å². The van der Waals surface area contributed by atoms with Crippen LogP contribution in [0.5, 0.6) is 0 Å². The monoisotopic (exact) mass is 182 g/mol. The first-order chi connectivity index (χ1) is 6.33. The quantitative estimate of drug-likeness (QED) is 0.518. The second kappa shape index (κ2) is 17.5. The molecule has 0 spiro atoms. The summed E-state index contributed by atoms with van der Waals surface area (Å²) in [6.07, 6.45) is 14.9. The van der Waals surface area contributed by atoms with Crippen molar-refractivity contribution in [1.29, 1.82) is 0 Å². The molecule has 0 aromatic rings. The minimum absolute atomic E-state index is 1.10. The van der Waals surface area contributed by atoms with Gasteiger partial charge in [-0.15, -0.1) is 0 Å². The molecule has 78 valence electrons. The van der Waals surface area contributed by atoms with Crippen molar-refractivity contribution in [3.8, 4) is 0 Å². The number of rotatable bonds is 5. The van der Waals surface area contributed by atoms with Crippen LogP contribution in [0.1, 0.15) is 59.8 Å². The molecule has 0 aromatic carbocycles. The Bertz CT molecular complexity index is 109. The second-order valence-electron chi connectivity index (χ2n) is 3.08. The van der Waals surface area contributed by atoms with E-state index in [9.17, 15) is 0 Å². The zero-order valence-electron chi connectivity index (χ0n) is 9.84. The van der Waals surface area contributed by atoms with Gasteiger partial charge in [-0.2, -0.15) is 0 Å². The molecule has 0 radical (unpaired) electrons. The van der Waals surface area contributed by atoms with E-state index in [-0.39, 0.29) is 0 Å². The first-order valence-corrected chi connectivity index (χ1v) is 5.63. The van der Waals surface area contributed by atoms with Crippen LogP contribution in [0.3, 0.4) is 0 Å². The Hall–Kier alpha value is -0.520. The Kier molecular flexibility index (Phi) is 20.2. The second-order valence-corrected chi connectivity index (χ2v) is 3.08. The molecule has 0 saturated heterocycles. The summed E-state index contributed by atoms with van der Waals surface area (Å²) in [5.41, 5.74) is 0. The Morgan fingerprint density at radius 1 is 0.769 bits per heavy atom. The molecule has 0 atom stereocenters. The molecular weight excluding hydrogens is 156 g/mol. The summed E-state index contributed by atoms with van der Waals surface area (Å²) < 4.78 is 0. The number of allylic oxidation sites excluding steroid dienone is 4. The average molecular weight is 182 g/mol. The van der Waals surface area contributed by atoms with Crippen LogP contribution in [0.2, 0.25) is 0 Å². The van der Waals surface area contributed by atoms with Gasteiger partial charge in [0.1, 0.15) is 0 Å². The first-order valence-electron chi connectivity index (χ1n) is 5.63. The average Bonchev–Trinajstić information content (AvgIpc) is 2.13. The molecule has 0 aliphatic rings. The van der Waals surface area contributed by atoms with Gasteiger partial charge < -0.3 is 0 Å². The van der Waals surface area contributed by atoms with Crippen LogP contribution in [0, 0.1) is 0 Å². The number of hydrogen-bond donors (Lipinski definition) is 0. The zero-order valence-corrected chi connectivity index (χ0v) is 9.84. The molecule has 0 heterocycles. The summed E-state index contributed by atoms with van der Waals surface area (Å²) in [5, 5.41) is 0.